The normalized spacial score (nSPS) is 10.3. The molecule has 0 atom stereocenters. The number of aryl methyl sites for hydroxylation is 3. The van der Waals surface area contributed by atoms with Crippen molar-refractivity contribution in [3.05, 3.63) is 38.3 Å². The summed E-state index contributed by atoms with van der Waals surface area (Å²) in [5.41, 5.74) is 4.05. The van der Waals surface area contributed by atoms with Crippen LogP contribution in [0, 0.1) is 32.1 Å². The Morgan fingerprint density at radius 1 is 1.24 bits per heavy atom. The SMILES string of the molecule is Cc1cc(C#N)cc(C)c1-c1nc(Br)c(C)s1. The Morgan fingerprint density at radius 2 is 1.82 bits per heavy atom. The van der Waals surface area contributed by atoms with Crippen LogP contribution in [0.15, 0.2) is 16.7 Å². The zero-order valence-corrected chi connectivity index (χ0v) is 12.2. The molecule has 2 aromatic rings. The van der Waals surface area contributed by atoms with Gasteiger partial charge >= 0.3 is 0 Å². The number of nitriles is 1. The number of hydrogen-bond donors (Lipinski definition) is 0. The van der Waals surface area contributed by atoms with Gasteiger partial charge in [0, 0.05) is 10.4 Å². The molecule has 0 aliphatic rings. The largest absolute Gasteiger partial charge is 0.229 e. The fourth-order valence-corrected chi connectivity index (χ4v) is 3.37. The summed E-state index contributed by atoms with van der Waals surface area (Å²) in [5, 5.41) is 9.93. The minimum absolute atomic E-state index is 0.705. The first kappa shape index (κ1) is 12.3. The third kappa shape index (κ3) is 2.26. The van der Waals surface area contributed by atoms with Gasteiger partial charge in [-0.25, -0.2) is 4.98 Å². The fourth-order valence-electron chi connectivity index (χ4n) is 1.85. The van der Waals surface area contributed by atoms with Crippen molar-refractivity contribution in [1.29, 1.82) is 5.26 Å². The summed E-state index contributed by atoms with van der Waals surface area (Å²) in [6, 6.07) is 6.00. The van der Waals surface area contributed by atoms with Gasteiger partial charge in [-0.05, 0) is 60.0 Å². The molecule has 0 bridgehead atoms. The maximum atomic E-state index is 8.93. The molecule has 0 unspecified atom stereocenters. The van der Waals surface area contributed by atoms with Gasteiger partial charge in [-0.1, -0.05) is 0 Å². The lowest BCUT2D eigenvalue weighted by molar-refractivity contribution is 1.28. The summed E-state index contributed by atoms with van der Waals surface area (Å²) in [5.74, 6) is 0. The van der Waals surface area contributed by atoms with E-state index in [4.69, 9.17) is 5.26 Å². The topological polar surface area (TPSA) is 36.7 Å². The van der Waals surface area contributed by atoms with Crippen molar-refractivity contribution in [2.75, 3.05) is 0 Å². The van der Waals surface area contributed by atoms with E-state index in [2.05, 4.69) is 27.0 Å². The lowest BCUT2D eigenvalue weighted by atomic mass is 10.0. The number of hydrogen-bond acceptors (Lipinski definition) is 3. The maximum absolute atomic E-state index is 8.93. The van der Waals surface area contributed by atoms with Crippen LogP contribution in [0.25, 0.3) is 10.6 Å². The fraction of sp³-hybridized carbons (Fsp3) is 0.231. The van der Waals surface area contributed by atoms with Crippen molar-refractivity contribution in [3.8, 4) is 16.6 Å². The van der Waals surface area contributed by atoms with E-state index in [0.717, 1.165) is 26.3 Å². The van der Waals surface area contributed by atoms with E-state index in [-0.39, 0.29) is 0 Å². The second kappa shape index (κ2) is 4.59. The van der Waals surface area contributed by atoms with E-state index in [1.807, 2.05) is 32.9 Å². The smallest absolute Gasteiger partial charge is 0.125 e. The molecule has 0 saturated carbocycles. The van der Waals surface area contributed by atoms with E-state index in [0.29, 0.717) is 5.56 Å². The van der Waals surface area contributed by atoms with Crippen LogP contribution in [-0.4, -0.2) is 4.98 Å². The standard InChI is InChI=1S/C13H11BrN2S/c1-7-4-10(6-15)5-8(2)11(7)13-16-12(14)9(3)17-13/h4-5H,1-3H3. The van der Waals surface area contributed by atoms with E-state index < -0.39 is 0 Å². The lowest BCUT2D eigenvalue weighted by Gasteiger charge is -2.07. The average molecular weight is 307 g/mol. The van der Waals surface area contributed by atoms with Gasteiger partial charge < -0.3 is 0 Å². The second-order valence-corrected chi connectivity index (χ2v) is 5.92. The van der Waals surface area contributed by atoms with Crippen LogP contribution < -0.4 is 0 Å². The minimum Gasteiger partial charge on any atom is -0.229 e. The van der Waals surface area contributed by atoms with Crippen LogP contribution in [0.3, 0.4) is 0 Å². The van der Waals surface area contributed by atoms with Crippen molar-refractivity contribution in [2.24, 2.45) is 0 Å². The third-order valence-electron chi connectivity index (χ3n) is 2.62. The number of thiazole rings is 1. The van der Waals surface area contributed by atoms with Gasteiger partial charge in [-0.15, -0.1) is 11.3 Å². The lowest BCUT2D eigenvalue weighted by Crippen LogP contribution is -1.89. The molecule has 0 aliphatic carbocycles. The Morgan fingerprint density at radius 3 is 2.24 bits per heavy atom. The maximum Gasteiger partial charge on any atom is 0.125 e. The molecule has 0 aliphatic heterocycles. The molecule has 86 valence electrons. The molecule has 1 aromatic heterocycles. The van der Waals surface area contributed by atoms with Crippen molar-refractivity contribution in [2.45, 2.75) is 20.8 Å². The van der Waals surface area contributed by atoms with Crippen molar-refractivity contribution >= 4 is 27.3 Å². The van der Waals surface area contributed by atoms with Gasteiger partial charge in [-0.3, -0.25) is 0 Å². The number of benzene rings is 1. The molecule has 0 radical (unpaired) electrons. The van der Waals surface area contributed by atoms with Gasteiger partial charge in [-0.2, -0.15) is 5.26 Å². The van der Waals surface area contributed by atoms with Crippen LogP contribution in [0.1, 0.15) is 21.6 Å². The molecule has 4 heteroatoms. The molecule has 1 heterocycles. The van der Waals surface area contributed by atoms with E-state index in [1.165, 1.54) is 4.88 Å². The third-order valence-corrected chi connectivity index (χ3v) is 4.64. The first-order valence-corrected chi connectivity index (χ1v) is 6.78. The van der Waals surface area contributed by atoms with Gasteiger partial charge in [0.25, 0.3) is 0 Å². The molecule has 2 nitrogen and oxygen atoms in total. The Hall–Kier alpha value is -1.18. The molecule has 0 fully saturated rings. The van der Waals surface area contributed by atoms with Crippen LogP contribution in [0.5, 0.6) is 0 Å². The Balaban J connectivity index is 2.64. The zero-order valence-electron chi connectivity index (χ0n) is 9.84. The van der Waals surface area contributed by atoms with Gasteiger partial charge in [0.15, 0.2) is 0 Å². The van der Waals surface area contributed by atoms with Crippen LogP contribution in [-0.2, 0) is 0 Å². The van der Waals surface area contributed by atoms with E-state index in [1.54, 1.807) is 11.3 Å². The summed E-state index contributed by atoms with van der Waals surface area (Å²) < 4.78 is 0.903. The Bertz CT molecular complexity index is 580. The first-order valence-electron chi connectivity index (χ1n) is 5.17. The molecule has 0 spiro atoms. The second-order valence-electron chi connectivity index (χ2n) is 3.96. The number of rotatable bonds is 1. The monoisotopic (exact) mass is 306 g/mol. The molecular weight excluding hydrogens is 296 g/mol. The molecule has 0 saturated heterocycles. The van der Waals surface area contributed by atoms with E-state index in [9.17, 15) is 0 Å². The summed E-state index contributed by atoms with van der Waals surface area (Å²) in [4.78, 5) is 5.68. The van der Waals surface area contributed by atoms with Crippen LogP contribution >= 0.6 is 27.3 Å². The highest BCUT2D eigenvalue weighted by Crippen LogP contribution is 2.34. The molecule has 0 N–H and O–H groups in total. The molecule has 1 aromatic carbocycles. The number of nitrogens with zero attached hydrogens (tertiary/aromatic N) is 2. The predicted octanol–water partition coefficient (Wildman–Crippen LogP) is 4.37. The highest BCUT2D eigenvalue weighted by Gasteiger charge is 2.13. The van der Waals surface area contributed by atoms with Gasteiger partial charge in [0.2, 0.25) is 0 Å². The van der Waals surface area contributed by atoms with Gasteiger partial charge in [0.1, 0.15) is 9.61 Å². The quantitative estimate of drug-likeness (QED) is 0.784. The summed E-state index contributed by atoms with van der Waals surface area (Å²) in [6.45, 7) is 6.08. The average Bonchev–Trinajstić information content (AvgIpc) is 2.57. The van der Waals surface area contributed by atoms with E-state index >= 15 is 0 Å². The highest BCUT2D eigenvalue weighted by atomic mass is 79.9. The summed E-state index contributed by atoms with van der Waals surface area (Å²) in [6.07, 6.45) is 0. The molecule has 17 heavy (non-hydrogen) atoms. The zero-order chi connectivity index (χ0) is 12.6. The Labute approximate surface area is 113 Å². The first-order chi connectivity index (χ1) is 8.02. The molecule has 0 amide bonds. The van der Waals surface area contributed by atoms with Crippen molar-refractivity contribution in [1.82, 2.24) is 4.98 Å². The van der Waals surface area contributed by atoms with Crippen molar-refractivity contribution < 1.29 is 0 Å². The van der Waals surface area contributed by atoms with Gasteiger partial charge in [0.05, 0.1) is 11.6 Å². The number of aromatic nitrogens is 1. The summed E-state index contributed by atoms with van der Waals surface area (Å²) >= 11 is 5.11. The summed E-state index contributed by atoms with van der Waals surface area (Å²) in [7, 11) is 0. The Kier molecular flexibility index (Phi) is 3.32. The minimum atomic E-state index is 0.705. The van der Waals surface area contributed by atoms with Crippen LogP contribution in [0.4, 0.5) is 0 Å². The molecule has 2 rings (SSSR count). The van der Waals surface area contributed by atoms with Crippen molar-refractivity contribution in [3.63, 3.8) is 0 Å². The molecular formula is C13H11BrN2S. The van der Waals surface area contributed by atoms with Crippen LogP contribution in [0.2, 0.25) is 0 Å². The predicted molar refractivity (Wildman–Crippen MR) is 74.2 cm³/mol. The number of halogens is 1. The highest BCUT2D eigenvalue weighted by molar-refractivity contribution is 9.10.